The van der Waals surface area contributed by atoms with Gasteiger partial charge in [-0.05, 0) is 58.8 Å². The molecule has 0 heterocycles. The number of rotatable bonds is 8. The summed E-state index contributed by atoms with van der Waals surface area (Å²) < 4.78 is 28.0. The summed E-state index contributed by atoms with van der Waals surface area (Å²) in [6.45, 7) is 5.34. The van der Waals surface area contributed by atoms with Gasteiger partial charge in [-0.2, -0.15) is 0 Å². The standard InChI is InChI=1S/C15H23BrN2O2S/c1-11(2)7-8-18-21(19,20)15-9-12(3-6-14(15)16)10-17-13-4-5-13/h3,6,9,11,13,17-18H,4-5,7-8,10H2,1-2H3. The monoisotopic (exact) mass is 374 g/mol. The van der Waals surface area contributed by atoms with Crippen LogP contribution in [0.3, 0.4) is 0 Å². The molecule has 0 aromatic heterocycles. The molecule has 21 heavy (non-hydrogen) atoms. The van der Waals surface area contributed by atoms with Crippen molar-refractivity contribution < 1.29 is 8.42 Å². The number of nitrogens with one attached hydrogen (secondary N) is 2. The summed E-state index contributed by atoms with van der Waals surface area (Å²) >= 11 is 3.34. The van der Waals surface area contributed by atoms with Crippen LogP contribution in [-0.4, -0.2) is 21.0 Å². The Morgan fingerprint density at radius 3 is 2.67 bits per heavy atom. The third-order valence-electron chi connectivity index (χ3n) is 3.47. The van der Waals surface area contributed by atoms with Crippen LogP contribution in [0, 0.1) is 5.92 Å². The topological polar surface area (TPSA) is 58.2 Å². The van der Waals surface area contributed by atoms with Gasteiger partial charge in [-0.25, -0.2) is 13.1 Å². The Labute approximate surface area is 135 Å². The SMILES string of the molecule is CC(C)CCNS(=O)(=O)c1cc(CNC2CC2)ccc1Br. The van der Waals surface area contributed by atoms with Crippen LogP contribution < -0.4 is 10.0 Å². The van der Waals surface area contributed by atoms with Crippen molar-refractivity contribution in [3.63, 3.8) is 0 Å². The van der Waals surface area contributed by atoms with E-state index in [9.17, 15) is 8.42 Å². The van der Waals surface area contributed by atoms with Crippen LogP contribution in [0.15, 0.2) is 27.6 Å². The molecule has 2 N–H and O–H groups in total. The van der Waals surface area contributed by atoms with Gasteiger partial charge in [0.2, 0.25) is 10.0 Å². The molecule has 0 saturated heterocycles. The molecule has 1 aromatic rings. The van der Waals surface area contributed by atoms with Crippen molar-refractivity contribution in [2.45, 2.75) is 50.6 Å². The fourth-order valence-corrected chi connectivity index (χ4v) is 4.03. The van der Waals surface area contributed by atoms with E-state index in [1.165, 1.54) is 12.8 Å². The molecule has 0 bridgehead atoms. The summed E-state index contributed by atoms with van der Waals surface area (Å²) in [6.07, 6.45) is 3.27. The van der Waals surface area contributed by atoms with E-state index in [0.717, 1.165) is 12.0 Å². The van der Waals surface area contributed by atoms with E-state index in [1.54, 1.807) is 12.1 Å². The highest BCUT2D eigenvalue weighted by Gasteiger charge is 2.21. The Balaban J connectivity index is 2.06. The summed E-state index contributed by atoms with van der Waals surface area (Å²) in [7, 11) is -3.46. The van der Waals surface area contributed by atoms with E-state index in [2.05, 4.69) is 39.8 Å². The van der Waals surface area contributed by atoms with Crippen LogP contribution in [-0.2, 0) is 16.6 Å². The van der Waals surface area contributed by atoms with Crippen molar-refractivity contribution in [2.24, 2.45) is 5.92 Å². The zero-order valence-corrected chi connectivity index (χ0v) is 14.9. The molecule has 0 aliphatic heterocycles. The highest BCUT2D eigenvalue weighted by Crippen LogP contribution is 2.24. The quantitative estimate of drug-likeness (QED) is 0.734. The Hall–Kier alpha value is -0.430. The van der Waals surface area contributed by atoms with Gasteiger partial charge in [0.25, 0.3) is 0 Å². The van der Waals surface area contributed by atoms with Gasteiger partial charge in [0.05, 0.1) is 4.90 Å². The van der Waals surface area contributed by atoms with Gasteiger partial charge in [-0.1, -0.05) is 19.9 Å². The maximum absolute atomic E-state index is 12.4. The largest absolute Gasteiger partial charge is 0.310 e. The Bertz CT molecular complexity index is 583. The lowest BCUT2D eigenvalue weighted by atomic mass is 10.1. The first-order chi connectivity index (χ1) is 9.88. The van der Waals surface area contributed by atoms with E-state index in [4.69, 9.17) is 0 Å². The number of sulfonamides is 1. The summed E-state index contributed by atoms with van der Waals surface area (Å²) in [5.41, 5.74) is 0.995. The second-order valence-electron chi connectivity index (χ2n) is 6.00. The lowest BCUT2D eigenvalue weighted by molar-refractivity contribution is 0.551. The predicted octanol–water partition coefficient (Wildman–Crippen LogP) is 3.03. The fraction of sp³-hybridized carbons (Fsp3) is 0.600. The molecule has 1 saturated carbocycles. The van der Waals surface area contributed by atoms with Crippen molar-refractivity contribution >= 4 is 26.0 Å². The van der Waals surface area contributed by atoms with Gasteiger partial charge < -0.3 is 5.32 Å². The Morgan fingerprint density at radius 1 is 1.33 bits per heavy atom. The van der Waals surface area contributed by atoms with E-state index >= 15 is 0 Å². The Kier molecular flexibility index (Phi) is 5.82. The molecule has 1 aliphatic carbocycles. The minimum Gasteiger partial charge on any atom is -0.310 e. The third-order valence-corrected chi connectivity index (χ3v) is 5.93. The van der Waals surface area contributed by atoms with Crippen molar-refractivity contribution in [3.8, 4) is 0 Å². The van der Waals surface area contributed by atoms with Crippen molar-refractivity contribution in [3.05, 3.63) is 28.2 Å². The van der Waals surface area contributed by atoms with E-state index in [-0.39, 0.29) is 0 Å². The first-order valence-electron chi connectivity index (χ1n) is 7.40. The van der Waals surface area contributed by atoms with Gasteiger partial charge in [0, 0.05) is 23.6 Å². The molecular weight excluding hydrogens is 352 g/mol. The highest BCUT2D eigenvalue weighted by molar-refractivity contribution is 9.10. The zero-order valence-electron chi connectivity index (χ0n) is 12.5. The maximum Gasteiger partial charge on any atom is 0.241 e. The molecule has 118 valence electrons. The average molecular weight is 375 g/mol. The fourth-order valence-electron chi connectivity index (χ4n) is 1.97. The third kappa shape index (κ3) is 5.36. The zero-order chi connectivity index (χ0) is 15.5. The second-order valence-corrected chi connectivity index (χ2v) is 8.59. The lowest BCUT2D eigenvalue weighted by Crippen LogP contribution is -2.26. The van der Waals surface area contributed by atoms with Crippen molar-refractivity contribution in [2.75, 3.05) is 6.54 Å². The summed E-state index contributed by atoms with van der Waals surface area (Å²) in [5.74, 6) is 0.477. The predicted molar refractivity (Wildman–Crippen MR) is 88.6 cm³/mol. The molecule has 0 amide bonds. The molecule has 0 radical (unpaired) electrons. The molecule has 0 spiro atoms. The normalized spacial score (nSPS) is 15.6. The van der Waals surface area contributed by atoms with E-state index in [1.807, 2.05) is 6.07 Å². The number of halogens is 1. The van der Waals surface area contributed by atoms with Crippen molar-refractivity contribution in [1.29, 1.82) is 0 Å². The van der Waals surface area contributed by atoms with Gasteiger partial charge in [-0.3, -0.25) is 0 Å². The van der Waals surface area contributed by atoms with Gasteiger partial charge in [-0.15, -0.1) is 0 Å². The van der Waals surface area contributed by atoms with Crippen LogP contribution in [0.2, 0.25) is 0 Å². The Morgan fingerprint density at radius 2 is 2.05 bits per heavy atom. The summed E-state index contributed by atoms with van der Waals surface area (Å²) in [6, 6.07) is 6.11. The molecule has 1 fully saturated rings. The number of hydrogen-bond donors (Lipinski definition) is 2. The number of hydrogen-bond acceptors (Lipinski definition) is 3. The second kappa shape index (κ2) is 7.22. The minimum absolute atomic E-state index is 0.321. The molecule has 0 atom stereocenters. The van der Waals surface area contributed by atoms with Gasteiger partial charge in [0.1, 0.15) is 0 Å². The van der Waals surface area contributed by atoms with Crippen LogP contribution in [0.1, 0.15) is 38.7 Å². The summed E-state index contributed by atoms with van der Waals surface area (Å²) in [5, 5.41) is 3.40. The lowest BCUT2D eigenvalue weighted by Gasteiger charge is -2.11. The molecule has 0 unspecified atom stereocenters. The molecule has 1 aromatic carbocycles. The molecule has 1 aliphatic rings. The molecular formula is C15H23BrN2O2S. The van der Waals surface area contributed by atoms with E-state index < -0.39 is 10.0 Å². The molecule has 2 rings (SSSR count). The van der Waals surface area contributed by atoms with Crippen LogP contribution in [0.4, 0.5) is 0 Å². The molecule has 6 heteroatoms. The van der Waals surface area contributed by atoms with Gasteiger partial charge in [0.15, 0.2) is 0 Å². The van der Waals surface area contributed by atoms with Crippen LogP contribution in [0.25, 0.3) is 0 Å². The first kappa shape index (κ1) is 16.9. The minimum atomic E-state index is -3.46. The van der Waals surface area contributed by atoms with Crippen molar-refractivity contribution in [1.82, 2.24) is 10.0 Å². The molecule has 4 nitrogen and oxygen atoms in total. The van der Waals surface area contributed by atoms with E-state index in [0.29, 0.717) is 34.4 Å². The summed E-state index contributed by atoms with van der Waals surface area (Å²) in [4.78, 5) is 0.321. The maximum atomic E-state index is 12.4. The smallest absolute Gasteiger partial charge is 0.241 e. The first-order valence-corrected chi connectivity index (χ1v) is 9.67. The van der Waals surface area contributed by atoms with Crippen LogP contribution in [0.5, 0.6) is 0 Å². The highest BCUT2D eigenvalue weighted by atomic mass is 79.9. The van der Waals surface area contributed by atoms with Gasteiger partial charge >= 0.3 is 0 Å². The van der Waals surface area contributed by atoms with Crippen LogP contribution >= 0.6 is 15.9 Å². The average Bonchev–Trinajstić information content (AvgIpc) is 3.21. The number of benzene rings is 1.